The van der Waals surface area contributed by atoms with Crippen molar-refractivity contribution in [3.8, 4) is 10.6 Å². The van der Waals surface area contributed by atoms with E-state index in [2.05, 4.69) is 15.6 Å². The lowest BCUT2D eigenvalue weighted by atomic mass is 9.98. The number of piperidine rings is 1. The average Bonchev–Trinajstić information content (AvgIpc) is 3.13. The Bertz CT molecular complexity index is 937. The van der Waals surface area contributed by atoms with Crippen molar-refractivity contribution in [2.24, 2.45) is 5.92 Å². The van der Waals surface area contributed by atoms with Crippen LogP contribution in [0.5, 0.6) is 0 Å². The van der Waals surface area contributed by atoms with Gasteiger partial charge in [-0.15, -0.1) is 11.3 Å². The van der Waals surface area contributed by atoms with Gasteiger partial charge in [0.1, 0.15) is 9.88 Å². The van der Waals surface area contributed by atoms with E-state index in [9.17, 15) is 14.4 Å². The zero-order chi connectivity index (χ0) is 21.7. The predicted octanol–water partition coefficient (Wildman–Crippen LogP) is 3.42. The largest absolute Gasteiger partial charge is 0.465 e. The van der Waals surface area contributed by atoms with Crippen molar-refractivity contribution < 1.29 is 24.2 Å². The Morgan fingerprint density at radius 3 is 2.63 bits per heavy atom. The fourth-order valence-electron chi connectivity index (χ4n) is 3.24. The van der Waals surface area contributed by atoms with Gasteiger partial charge in [0, 0.05) is 25.7 Å². The van der Waals surface area contributed by atoms with E-state index >= 15 is 0 Å². The van der Waals surface area contributed by atoms with Crippen molar-refractivity contribution in [3.63, 3.8) is 0 Å². The van der Waals surface area contributed by atoms with Crippen LogP contribution in [0.2, 0.25) is 0 Å². The van der Waals surface area contributed by atoms with Crippen molar-refractivity contribution in [1.29, 1.82) is 0 Å². The van der Waals surface area contributed by atoms with Crippen molar-refractivity contribution in [2.75, 3.05) is 32.1 Å². The number of ether oxygens (including phenoxy) is 1. The third kappa shape index (κ3) is 5.07. The Labute approximate surface area is 178 Å². The maximum atomic E-state index is 12.3. The quantitative estimate of drug-likeness (QED) is 0.666. The molecule has 2 aromatic rings. The molecule has 1 aromatic carbocycles. The van der Waals surface area contributed by atoms with Crippen LogP contribution in [-0.4, -0.2) is 59.8 Å². The van der Waals surface area contributed by atoms with E-state index in [-0.39, 0.29) is 18.4 Å². The number of carbonyl (C=O) groups excluding carboxylic acids is 2. The molecule has 3 amide bonds. The second-order valence-electron chi connectivity index (χ2n) is 6.99. The van der Waals surface area contributed by atoms with Crippen LogP contribution in [0.3, 0.4) is 0 Å². The standard InChI is InChI=1S/C20H24N4O5S/c1-12-16(17(25)21-2)30-18(22-12)14-5-3-4-6-15(14)23-19(26)29-11-13-7-9-24(10-8-13)20(27)28/h3-6,13H,7-11H2,1-2H3,(H,21,25)(H,23,26)(H,27,28). The molecule has 1 aromatic heterocycles. The summed E-state index contributed by atoms with van der Waals surface area (Å²) in [6, 6.07) is 7.20. The highest BCUT2D eigenvalue weighted by atomic mass is 32.1. The van der Waals surface area contributed by atoms with Crippen LogP contribution in [0.15, 0.2) is 24.3 Å². The smallest absolute Gasteiger partial charge is 0.411 e. The molecule has 30 heavy (non-hydrogen) atoms. The summed E-state index contributed by atoms with van der Waals surface area (Å²) in [6.45, 7) is 2.90. The minimum atomic E-state index is -0.916. The van der Waals surface area contributed by atoms with E-state index in [1.165, 1.54) is 16.2 Å². The Balaban J connectivity index is 1.62. The summed E-state index contributed by atoms with van der Waals surface area (Å²) in [5.74, 6) is -0.0617. The summed E-state index contributed by atoms with van der Waals surface area (Å²) < 4.78 is 5.36. The van der Waals surface area contributed by atoms with E-state index in [0.717, 1.165) is 0 Å². The van der Waals surface area contributed by atoms with Gasteiger partial charge in [-0.2, -0.15) is 0 Å². The average molecular weight is 433 g/mol. The van der Waals surface area contributed by atoms with Crippen LogP contribution in [0.25, 0.3) is 10.6 Å². The summed E-state index contributed by atoms with van der Waals surface area (Å²) >= 11 is 1.26. The van der Waals surface area contributed by atoms with Crippen LogP contribution in [0.4, 0.5) is 15.3 Å². The first-order valence-corrected chi connectivity index (χ1v) is 10.4. The van der Waals surface area contributed by atoms with Gasteiger partial charge in [-0.05, 0) is 37.8 Å². The molecule has 1 saturated heterocycles. The lowest BCUT2D eigenvalue weighted by molar-refractivity contribution is 0.0948. The number of nitrogens with zero attached hydrogens (tertiary/aromatic N) is 2. The lowest BCUT2D eigenvalue weighted by Gasteiger charge is -2.29. The molecule has 9 nitrogen and oxygen atoms in total. The van der Waals surface area contributed by atoms with Gasteiger partial charge in [0.15, 0.2) is 0 Å². The zero-order valence-electron chi connectivity index (χ0n) is 16.8. The van der Waals surface area contributed by atoms with Gasteiger partial charge in [0.2, 0.25) is 0 Å². The molecule has 0 radical (unpaired) electrons. The highest BCUT2D eigenvalue weighted by Gasteiger charge is 2.23. The van der Waals surface area contributed by atoms with Gasteiger partial charge in [0.25, 0.3) is 5.91 Å². The third-order valence-corrected chi connectivity index (χ3v) is 6.15. The molecule has 0 unspecified atom stereocenters. The molecule has 1 aliphatic heterocycles. The van der Waals surface area contributed by atoms with E-state index in [4.69, 9.17) is 9.84 Å². The maximum Gasteiger partial charge on any atom is 0.411 e. The topological polar surface area (TPSA) is 121 Å². The SMILES string of the molecule is CNC(=O)c1sc(-c2ccccc2NC(=O)OCC2CCN(C(=O)O)CC2)nc1C. The number of likely N-dealkylation sites (tertiary alicyclic amines) is 1. The number of amides is 3. The second kappa shape index (κ2) is 9.57. The summed E-state index contributed by atoms with van der Waals surface area (Å²) in [6.07, 6.45) is -0.170. The Hall–Kier alpha value is -3.14. The first-order valence-electron chi connectivity index (χ1n) is 9.59. The van der Waals surface area contributed by atoms with E-state index in [0.29, 0.717) is 52.8 Å². The number of hydrogen-bond acceptors (Lipinski definition) is 6. The Morgan fingerprint density at radius 2 is 1.97 bits per heavy atom. The molecule has 0 spiro atoms. The number of anilines is 1. The molecule has 1 fully saturated rings. The third-order valence-electron chi connectivity index (χ3n) is 4.96. The molecule has 2 heterocycles. The molecule has 3 N–H and O–H groups in total. The zero-order valence-corrected chi connectivity index (χ0v) is 17.6. The van der Waals surface area contributed by atoms with Crippen molar-refractivity contribution in [1.82, 2.24) is 15.2 Å². The van der Waals surface area contributed by atoms with E-state index in [1.54, 1.807) is 26.1 Å². The minimum absolute atomic E-state index is 0.137. The number of aryl methyl sites for hydroxylation is 1. The summed E-state index contributed by atoms with van der Waals surface area (Å²) in [5, 5.41) is 15.0. The number of hydrogen-bond donors (Lipinski definition) is 3. The molecular formula is C20H24N4O5S. The second-order valence-corrected chi connectivity index (χ2v) is 7.99. The van der Waals surface area contributed by atoms with Gasteiger partial charge in [-0.25, -0.2) is 14.6 Å². The van der Waals surface area contributed by atoms with Crippen LogP contribution in [-0.2, 0) is 4.74 Å². The molecule has 10 heteroatoms. The van der Waals surface area contributed by atoms with Gasteiger partial charge in [-0.1, -0.05) is 12.1 Å². The number of aromatic nitrogens is 1. The van der Waals surface area contributed by atoms with Crippen LogP contribution in [0.1, 0.15) is 28.2 Å². The van der Waals surface area contributed by atoms with Crippen LogP contribution in [0, 0.1) is 12.8 Å². The maximum absolute atomic E-state index is 12.3. The molecule has 0 bridgehead atoms. The monoisotopic (exact) mass is 432 g/mol. The summed E-state index contributed by atoms with van der Waals surface area (Å²) in [7, 11) is 1.57. The Kier molecular flexibility index (Phi) is 6.88. The first-order chi connectivity index (χ1) is 14.4. The predicted molar refractivity (Wildman–Crippen MR) is 113 cm³/mol. The van der Waals surface area contributed by atoms with E-state index < -0.39 is 12.2 Å². The highest BCUT2D eigenvalue weighted by molar-refractivity contribution is 7.17. The van der Waals surface area contributed by atoms with Gasteiger partial charge in [0.05, 0.1) is 18.0 Å². The fourth-order valence-corrected chi connectivity index (χ4v) is 4.30. The first kappa shape index (κ1) is 21.6. The molecule has 0 saturated carbocycles. The fraction of sp³-hybridized carbons (Fsp3) is 0.400. The van der Waals surface area contributed by atoms with Crippen molar-refractivity contribution in [3.05, 3.63) is 34.8 Å². The molecule has 160 valence electrons. The van der Waals surface area contributed by atoms with Gasteiger partial charge < -0.3 is 20.1 Å². The highest BCUT2D eigenvalue weighted by Crippen LogP contribution is 2.33. The van der Waals surface area contributed by atoms with Gasteiger partial charge >= 0.3 is 12.2 Å². The summed E-state index contributed by atoms with van der Waals surface area (Å²) in [4.78, 5) is 41.6. The van der Waals surface area contributed by atoms with Crippen LogP contribution < -0.4 is 10.6 Å². The Morgan fingerprint density at radius 1 is 1.27 bits per heavy atom. The van der Waals surface area contributed by atoms with Crippen LogP contribution >= 0.6 is 11.3 Å². The number of nitrogens with one attached hydrogen (secondary N) is 2. The number of thiazole rings is 1. The normalized spacial score (nSPS) is 14.3. The molecule has 0 aliphatic carbocycles. The van der Waals surface area contributed by atoms with E-state index in [1.807, 2.05) is 12.1 Å². The van der Waals surface area contributed by atoms with Gasteiger partial charge in [-0.3, -0.25) is 10.1 Å². The number of rotatable bonds is 5. The summed E-state index contributed by atoms with van der Waals surface area (Å²) in [5.41, 5.74) is 1.87. The number of carbonyl (C=O) groups is 3. The molecule has 1 aliphatic rings. The van der Waals surface area contributed by atoms with Crippen molar-refractivity contribution in [2.45, 2.75) is 19.8 Å². The molecular weight excluding hydrogens is 408 g/mol. The minimum Gasteiger partial charge on any atom is -0.465 e. The van der Waals surface area contributed by atoms with Crippen molar-refractivity contribution >= 4 is 35.1 Å². The number of benzene rings is 1. The lowest BCUT2D eigenvalue weighted by Crippen LogP contribution is -2.38. The molecule has 3 rings (SSSR count). The molecule has 0 atom stereocenters. The number of para-hydroxylation sites is 1. The number of carboxylic acid groups (broad SMARTS) is 1.